The second-order valence-electron chi connectivity index (χ2n) is 5.53. The fourth-order valence-corrected chi connectivity index (χ4v) is 3.62. The number of nitrogens with two attached hydrogens (primary N) is 1. The second-order valence-corrected chi connectivity index (χ2v) is 7.52. The van der Waals surface area contributed by atoms with Crippen LogP contribution in [0.15, 0.2) is 18.2 Å². The van der Waals surface area contributed by atoms with Crippen molar-refractivity contribution in [3.05, 3.63) is 44.4 Å². The third kappa shape index (κ3) is 3.62. The Kier molecular flexibility index (Phi) is 4.09. The number of hydrogen-bond donors (Lipinski definition) is 1. The van der Waals surface area contributed by atoms with Gasteiger partial charge in [0.2, 0.25) is 0 Å². The molecule has 0 radical (unpaired) electrons. The molecule has 2 rings (SSSR count). The molecule has 102 valence electrons. The molecule has 0 saturated heterocycles. The molecule has 0 fully saturated rings. The fourth-order valence-electron chi connectivity index (χ4n) is 1.97. The molecule has 0 spiro atoms. The van der Waals surface area contributed by atoms with Crippen molar-refractivity contribution in [3.8, 4) is 0 Å². The number of rotatable bonds is 2. The number of thiazole rings is 1. The van der Waals surface area contributed by atoms with Crippen molar-refractivity contribution in [2.45, 2.75) is 32.6 Å². The highest BCUT2D eigenvalue weighted by Crippen LogP contribution is 2.33. The molecule has 2 N–H and O–H groups in total. The zero-order valence-electron chi connectivity index (χ0n) is 11.1. The summed E-state index contributed by atoms with van der Waals surface area (Å²) in [4.78, 5) is 5.62. The molecule has 0 atom stereocenters. The van der Waals surface area contributed by atoms with Crippen LogP contribution in [0.25, 0.3) is 0 Å². The number of halogens is 2. The molecular weight excluding hydrogens is 299 g/mol. The number of nitrogens with zero attached hydrogens (tertiary/aromatic N) is 1. The van der Waals surface area contributed by atoms with Crippen LogP contribution < -0.4 is 5.73 Å². The van der Waals surface area contributed by atoms with Gasteiger partial charge in [0.25, 0.3) is 0 Å². The Morgan fingerprint density at radius 2 is 1.74 bits per heavy atom. The molecule has 2 aromatic rings. The smallest absolute Gasteiger partial charge is 0.180 e. The van der Waals surface area contributed by atoms with E-state index in [-0.39, 0.29) is 5.41 Å². The third-order valence-electron chi connectivity index (χ3n) is 2.71. The highest BCUT2D eigenvalue weighted by molar-refractivity contribution is 7.15. The maximum Gasteiger partial charge on any atom is 0.180 e. The van der Waals surface area contributed by atoms with Gasteiger partial charge in [0.15, 0.2) is 5.13 Å². The summed E-state index contributed by atoms with van der Waals surface area (Å²) in [6, 6.07) is 5.59. The zero-order chi connectivity index (χ0) is 14.2. The molecule has 1 aromatic heterocycles. The average Bonchev–Trinajstić information content (AvgIpc) is 2.57. The lowest BCUT2D eigenvalue weighted by Crippen LogP contribution is -2.14. The van der Waals surface area contributed by atoms with E-state index in [2.05, 4.69) is 25.8 Å². The first-order valence-electron chi connectivity index (χ1n) is 5.96. The quantitative estimate of drug-likeness (QED) is 0.854. The normalized spacial score (nSPS) is 11.8. The predicted octanol–water partition coefficient (Wildman–Crippen LogP) is 4.92. The van der Waals surface area contributed by atoms with Gasteiger partial charge in [0, 0.05) is 26.8 Å². The van der Waals surface area contributed by atoms with Crippen molar-refractivity contribution in [1.82, 2.24) is 4.98 Å². The number of nitrogen functional groups attached to an aromatic ring is 1. The lowest BCUT2D eigenvalue weighted by Gasteiger charge is -2.17. The summed E-state index contributed by atoms with van der Waals surface area (Å²) in [5.41, 5.74) is 7.95. The van der Waals surface area contributed by atoms with Crippen LogP contribution in [0, 0.1) is 0 Å². The Balaban J connectivity index is 2.38. The maximum absolute atomic E-state index is 6.03. The van der Waals surface area contributed by atoms with E-state index >= 15 is 0 Å². The van der Waals surface area contributed by atoms with Gasteiger partial charge in [-0.2, -0.15) is 0 Å². The van der Waals surface area contributed by atoms with E-state index in [0.717, 1.165) is 17.7 Å². The molecule has 0 aliphatic rings. The van der Waals surface area contributed by atoms with E-state index in [0.29, 0.717) is 15.2 Å². The van der Waals surface area contributed by atoms with Gasteiger partial charge in [-0.25, -0.2) is 4.98 Å². The number of anilines is 1. The minimum atomic E-state index is -0.0220. The lowest BCUT2D eigenvalue weighted by molar-refractivity contribution is 0.568. The average molecular weight is 315 g/mol. The summed E-state index contributed by atoms with van der Waals surface area (Å²) in [6.07, 6.45) is 0.752. The Labute approximate surface area is 127 Å². The predicted molar refractivity (Wildman–Crippen MR) is 84.5 cm³/mol. The van der Waals surface area contributed by atoms with Gasteiger partial charge >= 0.3 is 0 Å². The van der Waals surface area contributed by atoms with Crippen molar-refractivity contribution >= 4 is 39.7 Å². The summed E-state index contributed by atoms with van der Waals surface area (Å²) in [7, 11) is 0. The number of hydrogen-bond acceptors (Lipinski definition) is 3. The summed E-state index contributed by atoms with van der Waals surface area (Å²) in [6.45, 7) is 6.40. The molecule has 0 aliphatic carbocycles. The van der Waals surface area contributed by atoms with Crippen molar-refractivity contribution in [2.75, 3.05) is 5.73 Å². The summed E-state index contributed by atoms with van der Waals surface area (Å²) < 4.78 is 0. The first-order valence-corrected chi connectivity index (χ1v) is 7.53. The molecule has 1 aromatic carbocycles. The van der Waals surface area contributed by atoms with Crippen molar-refractivity contribution in [2.24, 2.45) is 0 Å². The van der Waals surface area contributed by atoms with Gasteiger partial charge in [-0.1, -0.05) is 44.0 Å². The Hall–Kier alpha value is -0.770. The van der Waals surface area contributed by atoms with Gasteiger partial charge in [0.1, 0.15) is 0 Å². The van der Waals surface area contributed by atoms with Crippen LogP contribution in [0.3, 0.4) is 0 Å². The first-order chi connectivity index (χ1) is 8.75. The third-order valence-corrected chi connectivity index (χ3v) is 4.03. The van der Waals surface area contributed by atoms with Gasteiger partial charge in [-0.15, -0.1) is 11.3 Å². The molecular formula is C14H16Cl2N2S. The summed E-state index contributed by atoms with van der Waals surface area (Å²) >= 11 is 13.6. The van der Waals surface area contributed by atoms with Gasteiger partial charge in [0.05, 0.1) is 5.69 Å². The molecule has 0 amide bonds. The van der Waals surface area contributed by atoms with E-state index in [1.807, 2.05) is 12.1 Å². The first kappa shape index (κ1) is 14.6. The van der Waals surface area contributed by atoms with Crippen molar-refractivity contribution < 1.29 is 0 Å². The molecule has 0 saturated carbocycles. The van der Waals surface area contributed by atoms with E-state index in [9.17, 15) is 0 Å². The summed E-state index contributed by atoms with van der Waals surface area (Å²) in [5, 5.41) is 1.91. The highest BCUT2D eigenvalue weighted by Gasteiger charge is 2.22. The number of benzene rings is 1. The SMILES string of the molecule is CC(C)(C)c1nc(N)sc1Cc1cc(Cl)cc(Cl)c1. The Morgan fingerprint density at radius 3 is 2.26 bits per heavy atom. The van der Waals surface area contributed by atoms with Crippen LogP contribution in [0.5, 0.6) is 0 Å². The molecule has 0 bridgehead atoms. The van der Waals surface area contributed by atoms with Gasteiger partial charge < -0.3 is 5.73 Å². The van der Waals surface area contributed by atoms with Gasteiger partial charge in [-0.05, 0) is 23.8 Å². The minimum Gasteiger partial charge on any atom is -0.375 e. The Bertz CT molecular complexity index is 580. The largest absolute Gasteiger partial charge is 0.375 e. The standard InChI is InChI=1S/C14H16Cl2N2S/c1-14(2,3)12-11(19-13(17)18-12)6-8-4-9(15)7-10(16)5-8/h4-5,7H,6H2,1-3H3,(H2,17,18). The van der Waals surface area contributed by atoms with Gasteiger partial charge in [-0.3, -0.25) is 0 Å². The topological polar surface area (TPSA) is 38.9 Å². The maximum atomic E-state index is 6.03. The van der Waals surface area contributed by atoms with Crippen LogP contribution in [-0.4, -0.2) is 4.98 Å². The monoisotopic (exact) mass is 314 g/mol. The molecule has 5 heteroatoms. The summed E-state index contributed by atoms with van der Waals surface area (Å²) in [5.74, 6) is 0. The molecule has 0 unspecified atom stereocenters. The minimum absolute atomic E-state index is 0.0220. The van der Waals surface area contributed by atoms with Crippen LogP contribution in [0.1, 0.15) is 36.9 Å². The Morgan fingerprint density at radius 1 is 1.16 bits per heavy atom. The van der Waals surface area contributed by atoms with Crippen LogP contribution in [-0.2, 0) is 11.8 Å². The fraction of sp³-hybridized carbons (Fsp3) is 0.357. The second kappa shape index (κ2) is 5.31. The van der Waals surface area contributed by atoms with Crippen molar-refractivity contribution in [1.29, 1.82) is 0 Å². The number of aromatic nitrogens is 1. The van der Waals surface area contributed by atoms with E-state index < -0.39 is 0 Å². The molecule has 1 heterocycles. The van der Waals surface area contributed by atoms with E-state index in [4.69, 9.17) is 28.9 Å². The molecule has 0 aliphatic heterocycles. The van der Waals surface area contributed by atoms with E-state index in [1.165, 1.54) is 16.2 Å². The molecule has 2 nitrogen and oxygen atoms in total. The van der Waals surface area contributed by atoms with Crippen molar-refractivity contribution in [3.63, 3.8) is 0 Å². The van der Waals surface area contributed by atoms with Crippen LogP contribution in [0.4, 0.5) is 5.13 Å². The van der Waals surface area contributed by atoms with Crippen LogP contribution in [0.2, 0.25) is 10.0 Å². The van der Waals surface area contributed by atoms with E-state index in [1.54, 1.807) is 6.07 Å². The zero-order valence-corrected chi connectivity index (χ0v) is 13.5. The lowest BCUT2D eigenvalue weighted by atomic mass is 9.90. The highest BCUT2D eigenvalue weighted by atomic mass is 35.5. The molecule has 19 heavy (non-hydrogen) atoms. The van der Waals surface area contributed by atoms with Crippen LogP contribution >= 0.6 is 34.5 Å².